The zero-order valence-corrected chi connectivity index (χ0v) is 9.91. The smallest absolute Gasteiger partial charge is 0.0660 e. The molecule has 1 aromatic heterocycles. The third-order valence-corrected chi connectivity index (χ3v) is 2.54. The van der Waals surface area contributed by atoms with Crippen LogP contribution in [0.4, 0.5) is 0 Å². The number of nitrogens with zero attached hydrogens (tertiary/aromatic N) is 2. The lowest BCUT2D eigenvalue weighted by atomic mass is 10.2. The average molecular weight is 236 g/mol. The minimum absolute atomic E-state index is 0.754. The highest BCUT2D eigenvalue weighted by molar-refractivity contribution is 6.30. The van der Waals surface area contributed by atoms with Crippen LogP contribution in [-0.2, 0) is 13.1 Å². The molecule has 0 fully saturated rings. The van der Waals surface area contributed by atoms with Crippen molar-refractivity contribution < 1.29 is 0 Å². The van der Waals surface area contributed by atoms with E-state index < -0.39 is 0 Å². The topological polar surface area (TPSA) is 29.9 Å². The third kappa shape index (κ3) is 2.84. The van der Waals surface area contributed by atoms with Crippen molar-refractivity contribution in [2.75, 3.05) is 7.05 Å². The summed E-state index contributed by atoms with van der Waals surface area (Å²) in [6.45, 7) is 1.60. The van der Waals surface area contributed by atoms with Crippen LogP contribution in [-0.4, -0.2) is 16.8 Å². The summed E-state index contributed by atoms with van der Waals surface area (Å²) in [5.41, 5.74) is 2.34. The van der Waals surface area contributed by atoms with Gasteiger partial charge in [0.25, 0.3) is 0 Å². The van der Waals surface area contributed by atoms with Crippen molar-refractivity contribution in [2.24, 2.45) is 0 Å². The third-order valence-electron chi connectivity index (χ3n) is 2.30. The molecule has 0 atom stereocenters. The maximum Gasteiger partial charge on any atom is 0.0660 e. The van der Waals surface area contributed by atoms with Crippen LogP contribution in [0.15, 0.2) is 36.7 Å². The van der Waals surface area contributed by atoms with Crippen LogP contribution in [0.2, 0.25) is 5.02 Å². The van der Waals surface area contributed by atoms with E-state index in [9.17, 15) is 0 Å². The second kappa shape index (κ2) is 5.14. The van der Waals surface area contributed by atoms with Crippen LogP contribution in [0.3, 0.4) is 0 Å². The molecule has 0 amide bonds. The Morgan fingerprint density at radius 2 is 2.25 bits per heavy atom. The van der Waals surface area contributed by atoms with Gasteiger partial charge in [-0.15, -0.1) is 0 Å². The predicted molar refractivity (Wildman–Crippen MR) is 65.5 cm³/mol. The maximum absolute atomic E-state index is 5.93. The maximum atomic E-state index is 5.93. The molecule has 4 heteroatoms. The van der Waals surface area contributed by atoms with Crippen molar-refractivity contribution in [3.8, 4) is 0 Å². The average Bonchev–Trinajstić information content (AvgIpc) is 2.66. The number of aromatic nitrogens is 2. The van der Waals surface area contributed by atoms with Gasteiger partial charge in [-0.3, -0.25) is 4.68 Å². The molecule has 16 heavy (non-hydrogen) atoms. The predicted octanol–water partition coefficient (Wildman–Crippen LogP) is 2.30. The number of hydrogen-bond acceptors (Lipinski definition) is 2. The van der Waals surface area contributed by atoms with Crippen LogP contribution >= 0.6 is 11.6 Å². The van der Waals surface area contributed by atoms with Gasteiger partial charge in [0.1, 0.15) is 0 Å². The number of hydrogen-bond donors (Lipinski definition) is 1. The summed E-state index contributed by atoms with van der Waals surface area (Å²) in [5, 5.41) is 8.15. The first-order valence-corrected chi connectivity index (χ1v) is 5.56. The minimum Gasteiger partial charge on any atom is -0.316 e. The molecule has 0 unspecified atom stereocenters. The standard InChI is InChI=1S/C12H14ClN3/c1-14-6-11-7-15-16(9-11)8-10-3-2-4-12(13)5-10/h2-5,7,9,14H,6,8H2,1H3. The molecule has 3 nitrogen and oxygen atoms in total. The molecule has 0 aliphatic rings. The highest BCUT2D eigenvalue weighted by Crippen LogP contribution is 2.11. The van der Waals surface area contributed by atoms with Gasteiger partial charge >= 0.3 is 0 Å². The monoisotopic (exact) mass is 235 g/mol. The van der Waals surface area contributed by atoms with Crippen molar-refractivity contribution in [1.82, 2.24) is 15.1 Å². The van der Waals surface area contributed by atoms with Gasteiger partial charge in [0.15, 0.2) is 0 Å². The first-order valence-electron chi connectivity index (χ1n) is 5.18. The number of rotatable bonds is 4. The summed E-state index contributed by atoms with van der Waals surface area (Å²) in [6, 6.07) is 7.84. The first kappa shape index (κ1) is 11.2. The van der Waals surface area contributed by atoms with Crippen LogP contribution < -0.4 is 5.32 Å². The lowest BCUT2D eigenvalue weighted by Crippen LogP contribution is -2.04. The van der Waals surface area contributed by atoms with Gasteiger partial charge in [-0.2, -0.15) is 5.10 Å². The van der Waals surface area contributed by atoms with Crippen molar-refractivity contribution in [2.45, 2.75) is 13.1 Å². The normalized spacial score (nSPS) is 10.6. The summed E-state index contributed by atoms with van der Waals surface area (Å²) in [7, 11) is 1.92. The van der Waals surface area contributed by atoms with Crippen molar-refractivity contribution in [1.29, 1.82) is 0 Å². The minimum atomic E-state index is 0.754. The van der Waals surface area contributed by atoms with Crippen LogP contribution in [0, 0.1) is 0 Å². The van der Waals surface area contributed by atoms with Gasteiger partial charge in [-0.05, 0) is 24.7 Å². The van der Waals surface area contributed by atoms with Gasteiger partial charge in [-0.1, -0.05) is 23.7 Å². The first-order chi connectivity index (χ1) is 7.78. The van der Waals surface area contributed by atoms with E-state index in [1.165, 1.54) is 5.56 Å². The molecule has 2 rings (SSSR count). The Hall–Kier alpha value is -1.32. The van der Waals surface area contributed by atoms with E-state index in [4.69, 9.17) is 11.6 Å². The zero-order valence-electron chi connectivity index (χ0n) is 9.15. The molecular formula is C12H14ClN3. The Morgan fingerprint density at radius 1 is 1.38 bits per heavy atom. The summed E-state index contributed by atoms with van der Waals surface area (Å²) >= 11 is 5.93. The van der Waals surface area contributed by atoms with Crippen LogP contribution in [0.5, 0.6) is 0 Å². The van der Waals surface area contributed by atoms with Crippen molar-refractivity contribution in [3.05, 3.63) is 52.8 Å². The molecule has 0 radical (unpaired) electrons. The molecule has 0 aliphatic carbocycles. The number of halogens is 1. The van der Waals surface area contributed by atoms with Crippen LogP contribution in [0.25, 0.3) is 0 Å². The molecule has 84 valence electrons. The van der Waals surface area contributed by atoms with E-state index >= 15 is 0 Å². The summed E-state index contributed by atoms with van der Waals surface area (Å²) in [4.78, 5) is 0. The molecule has 0 saturated heterocycles. The fourth-order valence-corrected chi connectivity index (χ4v) is 1.82. The van der Waals surface area contributed by atoms with Gasteiger partial charge < -0.3 is 5.32 Å². The fraction of sp³-hybridized carbons (Fsp3) is 0.250. The molecule has 0 aliphatic heterocycles. The Bertz CT molecular complexity index is 465. The summed E-state index contributed by atoms with van der Waals surface area (Å²) in [6.07, 6.45) is 3.92. The Labute approximate surface area is 100 Å². The lowest BCUT2D eigenvalue weighted by molar-refractivity contribution is 0.685. The van der Waals surface area contributed by atoms with Crippen molar-refractivity contribution in [3.63, 3.8) is 0 Å². The van der Waals surface area contributed by atoms with Gasteiger partial charge in [0.2, 0.25) is 0 Å². The Morgan fingerprint density at radius 3 is 3.00 bits per heavy atom. The largest absolute Gasteiger partial charge is 0.316 e. The van der Waals surface area contributed by atoms with Gasteiger partial charge in [0.05, 0.1) is 12.7 Å². The quantitative estimate of drug-likeness (QED) is 0.882. The van der Waals surface area contributed by atoms with E-state index in [0.717, 1.165) is 23.7 Å². The summed E-state index contributed by atoms with van der Waals surface area (Å²) in [5.74, 6) is 0. The van der Waals surface area contributed by atoms with Crippen LogP contribution in [0.1, 0.15) is 11.1 Å². The molecule has 1 aromatic carbocycles. The second-order valence-electron chi connectivity index (χ2n) is 3.71. The van der Waals surface area contributed by atoms with Gasteiger partial charge in [-0.25, -0.2) is 0 Å². The highest BCUT2D eigenvalue weighted by Gasteiger charge is 1.99. The molecule has 1 heterocycles. The number of nitrogens with one attached hydrogen (secondary N) is 1. The van der Waals surface area contributed by atoms with E-state index in [-0.39, 0.29) is 0 Å². The molecule has 0 saturated carbocycles. The SMILES string of the molecule is CNCc1cnn(Cc2cccc(Cl)c2)c1. The molecular weight excluding hydrogens is 222 g/mol. The molecule has 0 spiro atoms. The summed E-state index contributed by atoms with van der Waals surface area (Å²) < 4.78 is 1.92. The zero-order chi connectivity index (χ0) is 11.4. The molecule has 2 aromatic rings. The van der Waals surface area contributed by atoms with Crippen molar-refractivity contribution >= 4 is 11.6 Å². The number of benzene rings is 1. The fourth-order valence-electron chi connectivity index (χ4n) is 1.61. The van der Waals surface area contributed by atoms with Gasteiger partial charge in [0, 0.05) is 23.3 Å². The lowest BCUT2D eigenvalue weighted by Gasteiger charge is -2.02. The van der Waals surface area contributed by atoms with E-state index in [2.05, 4.69) is 10.4 Å². The highest BCUT2D eigenvalue weighted by atomic mass is 35.5. The van der Waals surface area contributed by atoms with E-state index in [1.54, 1.807) is 0 Å². The second-order valence-corrected chi connectivity index (χ2v) is 4.14. The van der Waals surface area contributed by atoms with E-state index in [1.807, 2.05) is 48.4 Å². The Balaban J connectivity index is 2.08. The molecule has 0 bridgehead atoms. The Kier molecular flexibility index (Phi) is 3.59. The van der Waals surface area contributed by atoms with E-state index in [0.29, 0.717) is 0 Å². The molecule has 1 N–H and O–H groups in total.